The summed E-state index contributed by atoms with van der Waals surface area (Å²) < 4.78 is 67.5. The van der Waals surface area contributed by atoms with Crippen molar-refractivity contribution in [1.82, 2.24) is 10.2 Å². The number of halogens is 3. The van der Waals surface area contributed by atoms with Gasteiger partial charge in [0.25, 0.3) is 5.91 Å². The van der Waals surface area contributed by atoms with E-state index in [1.165, 1.54) is 29.2 Å². The van der Waals surface area contributed by atoms with Gasteiger partial charge in [0.1, 0.15) is 16.7 Å². The number of para-hydroxylation sites is 1. The average Bonchev–Trinajstić information content (AvgIpc) is 3.03. The molecule has 12 heteroatoms. The Morgan fingerprint density at radius 1 is 1.09 bits per heavy atom. The zero-order valence-electron chi connectivity index (χ0n) is 16.9. The molecule has 0 radical (unpaired) electrons. The van der Waals surface area contributed by atoms with Crippen molar-refractivity contribution in [2.75, 3.05) is 0 Å². The van der Waals surface area contributed by atoms with Crippen LogP contribution in [0, 0.1) is 0 Å². The third kappa shape index (κ3) is 4.70. The van der Waals surface area contributed by atoms with Crippen LogP contribution in [0.2, 0.25) is 0 Å². The topological polar surface area (TPSA) is 110 Å². The second kappa shape index (κ2) is 8.18. The molecule has 0 spiro atoms. The van der Waals surface area contributed by atoms with Gasteiger partial charge in [-0.1, -0.05) is 24.3 Å². The molecule has 0 bridgehead atoms. The van der Waals surface area contributed by atoms with E-state index in [9.17, 15) is 36.0 Å². The van der Waals surface area contributed by atoms with Crippen molar-refractivity contribution in [1.29, 1.82) is 0 Å². The van der Waals surface area contributed by atoms with Crippen molar-refractivity contribution in [3.8, 4) is 5.75 Å². The van der Waals surface area contributed by atoms with Gasteiger partial charge in [-0.3, -0.25) is 19.7 Å². The second-order valence-electron chi connectivity index (χ2n) is 7.65. The van der Waals surface area contributed by atoms with Crippen LogP contribution in [-0.4, -0.2) is 43.4 Å². The lowest BCUT2D eigenvalue weighted by Gasteiger charge is -2.29. The van der Waals surface area contributed by atoms with Gasteiger partial charge in [-0.25, -0.2) is 8.42 Å². The highest BCUT2D eigenvalue weighted by molar-refractivity contribution is 7.90. The number of hydrogen-bond donors (Lipinski definition) is 1. The fraction of sp³-hybridized carbons (Fsp3) is 0.286. The number of piperidine rings is 1. The molecule has 0 aliphatic carbocycles. The molecule has 1 N–H and O–H groups in total. The molecule has 4 rings (SSSR count). The smallest absolute Gasteiger partial charge is 0.404 e. The number of rotatable bonds is 5. The Bertz CT molecular complexity index is 1260. The number of imide groups is 1. The van der Waals surface area contributed by atoms with Crippen molar-refractivity contribution < 1.29 is 40.7 Å². The first-order chi connectivity index (χ1) is 15.4. The minimum atomic E-state index is -5.06. The minimum Gasteiger partial charge on any atom is -0.404 e. The Balaban J connectivity index is 1.57. The van der Waals surface area contributed by atoms with Gasteiger partial charge in [0.05, 0.1) is 5.75 Å². The van der Waals surface area contributed by atoms with Crippen LogP contribution in [0.3, 0.4) is 0 Å². The molecule has 3 amide bonds. The first kappa shape index (κ1) is 22.8. The number of nitrogens with one attached hydrogen (secondary N) is 1. The van der Waals surface area contributed by atoms with E-state index in [0.29, 0.717) is 5.56 Å². The molecule has 0 saturated carbocycles. The molecule has 2 heterocycles. The highest BCUT2D eigenvalue weighted by atomic mass is 32.2. The van der Waals surface area contributed by atoms with E-state index in [1.807, 2.05) is 0 Å². The molecule has 0 aromatic heterocycles. The molecular formula is C21H17F3N2O6S. The maximum atomic E-state index is 12.9. The molecule has 2 aromatic carbocycles. The predicted molar refractivity (Wildman–Crippen MR) is 107 cm³/mol. The van der Waals surface area contributed by atoms with Crippen LogP contribution in [0.25, 0.3) is 0 Å². The lowest BCUT2D eigenvalue weighted by molar-refractivity contribution is -0.275. The van der Waals surface area contributed by atoms with Gasteiger partial charge in [-0.2, -0.15) is 0 Å². The Morgan fingerprint density at radius 3 is 2.52 bits per heavy atom. The lowest BCUT2D eigenvalue weighted by Crippen LogP contribution is -2.52. The Hall–Kier alpha value is -3.41. The summed E-state index contributed by atoms with van der Waals surface area (Å²) in [6, 6.07) is 7.96. The summed E-state index contributed by atoms with van der Waals surface area (Å²) in [6.07, 6.45) is -4.79. The SMILES string of the molecule is O=C1CCC(N2Cc3ccc(CS(=O)(=O)c4ccccc4OC(F)(F)F)cc3C2=O)C(=O)N1. The van der Waals surface area contributed by atoms with Crippen LogP contribution in [0.5, 0.6) is 5.75 Å². The number of amides is 3. The summed E-state index contributed by atoms with van der Waals surface area (Å²) in [6.45, 7) is 0.121. The lowest BCUT2D eigenvalue weighted by atomic mass is 10.0. The van der Waals surface area contributed by atoms with Gasteiger partial charge in [-0.15, -0.1) is 13.2 Å². The third-order valence-corrected chi connectivity index (χ3v) is 7.08. The van der Waals surface area contributed by atoms with Gasteiger partial charge in [0.15, 0.2) is 9.84 Å². The van der Waals surface area contributed by atoms with E-state index in [1.54, 1.807) is 6.07 Å². The zero-order valence-corrected chi connectivity index (χ0v) is 17.7. The quantitative estimate of drug-likeness (QED) is 0.655. The van der Waals surface area contributed by atoms with Gasteiger partial charge >= 0.3 is 6.36 Å². The number of hydrogen-bond acceptors (Lipinski definition) is 6. The maximum absolute atomic E-state index is 12.9. The number of nitrogens with zero attached hydrogens (tertiary/aromatic N) is 1. The van der Waals surface area contributed by atoms with Gasteiger partial charge in [0.2, 0.25) is 11.8 Å². The number of carbonyl (C=O) groups is 3. The molecule has 174 valence electrons. The Kier molecular flexibility index (Phi) is 5.64. The van der Waals surface area contributed by atoms with Crippen LogP contribution in [0.4, 0.5) is 13.2 Å². The number of sulfone groups is 1. The maximum Gasteiger partial charge on any atom is 0.573 e. The first-order valence-electron chi connectivity index (χ1n) is 9.78. The minimum absolute atomic E-state index is 0.0967. The summed E-state index contributed by atoms with van der Waals surface area (Å²) in [5.74, 6) is -2.98. The molecule has 1 atom stereocenters. The fourth-order valence-corrected chi connectivity index (χ4v) is 5.38. The molecule has 33 heavy (non-hydrogen) atoms. The summed E-state index contributed by atoms with van der Waals surface area (Å²) in [4.78, 5) is 37.1. The molecule has 2 aromatic rings. The summed E-state index contributed by atoms with van der Waals surface area (Å²) >= 11 is 0. The van der Waals surface area contributed by atoms with E-state index in [2.05, 4.69) is 10.1 Å². The van der Waals surface area contributed by atoms with Crippen LogP contribution in [-0.2, 0) is 31.7 Å². The second-order valence-corrected chi connectivity index (χ2v) is 9.60. The average molecular weight is 482 g/mol. The van der Waals surface area contributed by atoms with Crippen molar-refractivity contribution in [2.45, 2.75) is 42.4 Å². The zero-order chi connectivity index (χ0) is 24.0. The predicted octanol–water partition coefficient (Wildman–Crippen LogP) is 2.32. The van der Waals surface area contributed by atoms with Crippen molar-refractivity contribution >= 4 is 27.6 Å². The first-order valence-corrected chi connectivity index (χ1v) is 11.4. The standard InChI is InChI=1S/C21H17F3N2O6S/c22-21(23,24)32-16-3-1-2-4-17(16)33(30,31)11-12-5-6-13-10-26(20(29)14(13)9-12)15-7-8-18(27)25-19(15)28/h1-6,9,15H,7-8,10-11H2,(H,25,27,28). The molecule has 2 aliphatic rings. The third-order valence-electron chi connectivity index (χ3n) is 5.36. The van der Waals surface area contributed by atoms with Crippen molar-refractivity contribution in [2.24, 2.45) is 0 Å². The van der Waals surface area contributed by atoms with Crippen LogP contribution in [0.1, 0.15) is 34.3 Å². The van der Waals surface area contributed by atoms with Crippen molar-refractivity contribution in [3.63, 3.8) is 0 Å². The molecule has 1 saturated heterocycles. The largest absolute Gasteiger partial charge is 0.573 e. The monoisotopic (exact) mass is 482 g/mol. The Morgan fingerprint density at radius 2 is 1.82 bits per heavy atom. The summed E-state index contributed by atoms with van der Waals surface area (Å²) in [5, 5.41) is 2.19. The van der Waals surface area contributed by atoms with Gasteiger partial charge in [-0.05, 0) is 35.7 Å². The molecular weight excluding hydrogens is 465 g/mol. The van der Waals surface area contributed by atoms with E-state index < -0.39 is 56.4 Å². The Labute approximate surface area is 186 Å². The number of carbonyl (C=O) groups excluding carboxylic acids is 3. The fourth-order valence-electron chi connectivity index (χ4n) is 3.90. The molecule has 8 nitrogen and oxygen atoms in total. The van der Waals surface area contributed by atoms with E-state index in [0.717, 1.165) is 12.1 Å². The summed E-state index contributed by atoms with van der Waals surface area (Å²) in [7, 11) is -4.25. The van der Waals surface area contributed by atoms with E-state index >= 15 is 0 Å². The van der Waals surface area contributed by atoms with Crippen LogP contribution >= 0.6 is 0 Å². The number of ether oxygens (including phenoxy) is 1. The number of fused-ring (bicyclic) bond motifs is 1. The summed E-state index contributed by atoms with van der Waals surface area (Å²) in [5.41, 5.74) is 0.966. The highest BCUT2D eigenvalue weighted by Gasteiger charge is 2.39. The van der Waals surface area contributed by atoms with E-state index in [4.69, 9.17) is 0 Å². The molecule has 1 fully saturated rings. The number of alkyl halides is 3. The van der Waals surface area contributed by atoms with Crippen LogP contribution in [0.15, 0.2) is 47.4 Å². The molecule has 1 unspecified atom stereocenters. The molecule has 2 aliphatic heterocycles. The van der Waals surface area contributed by atoms with Gasteiger partial charge < -0.3 is 9.64 Å². The van der Waals surface area contributed by atoms with Gasteiger partial charge in [0, 0.05) is 18.5 Å². The normalized spacial score (nSPS) is 18.8. The highest BCUT2D eigenvalue weighted by Crippen LogP contribution is 2.33. The van der Waals surface area contributed by atoms with Crippen LogP contribution < -0.4 is 10.1 Å². The van der Waals surface area contributed by atoms with Crippen molar-refractivity contribution in [3.05, 3.63) is 59.2 Å². The van der Waals surface area contributed by atoms with E-state index in [-0.39, 0.29) is 30.5 Å². The number of benzene rings is 2.